The molecule has 70 valence electrons. The van der Waals surface area contributed by atoms with Gasteiger partial charge in [0.15, 0.2) is 0 Å². The molecule has 0 aliphatic carbocycles. The van der Waals surface area contributed by atoms with Crippen molar-refractivity contribution in [1.82, 2.24) is 0 Å². The third-order valence-electron chi connectivity index (χ3n) is 1.89. The molecule has 0 aromatic heterocycles. The van der Waals surface area contributed by atoms with Gasteiger partial charge in [0.25, 0.3) is 0 Å². The van der Waals surface area contributed by atoms with Gasteiger partial charge in [-0.25, -0.2) is 4.79 Å². The molecule has 0 fully saturated rings. The largest absolute Gasteiger partial charge is 0.508 e. The molecule has 0 aliphatic rings. The summed E-state index contributed by atoms with van der Waals surface area (Å²) in [6.45, 7) is 1.38. The molecule has 1 aromatic rings. The SMILES string of the molecule is CC(N)(C(=O)O)c1cccc(O)c1. The molecule has 0 radical (unpaired) electrons. The van der Waals surface area contributed by atoms with Gasteiger partial charge in [0.1, 0.15) is 11.3 Å². The predicted octanol–water partition coefficient (Wildman–Crippen LogP) is 0.651. The third-order valence-corrected chi connectivity index (χ3v) is 1.89. The summed E-state index contributed by atoms with van der Waals surface area (Å²) in [6, 6.07) is 5.92. The molecule has 0 saturated carbocycles. The normalized spacial score (nSPS) is 14.9. The zero-order valence-electron chi connectivity index (χ0n) is 7.19. The van der Waals surface area contributed by atoms with Crippen LogP contribution in [0.3, 0.4) is 0 Å². The first-order chi connectivity index (χ1) is 5.94. The van der Waals surface area contributed by atoms with Crippen molar-refractivity contribution >= 4 is 5.97 Å². The second-order valence-corrected chi connectivity index (χ2v) is 3.06. The first-order valence-electron chi connectivity index (χ1n) is 3.76. The highest BCUT2D eigenvalue weighted by Gasteiger charge is 2.30. The maximum absolute atomic E-state index is 10.7. The number of phenols is 1. The average Bonchev–Trinajstić information content (AvgIpc) is 2.04. The van der Waals surface area contributed by atoms with E-state index in [1.807, 2.05) is 0 Å². The minimum atomic E-state index is -1.46. The number of aliphatic carboxylic acids is 1. The Hall–Kier alpha value is -1.55. The van der Waals surface area contributed by atoms with Crippen LogP contribution < -0.4 is 5.73 Å². The summed E-state index contributed by atoms with van der Waals surface area (Å²) >= 11 is 0. The van der Waals surface area contributed by atoms with E-state index in [1.54, 1.807) is 12.1 Å². The highest BCUT2D eigenvalue weighted by molar-refractivity contribution is 5.80. The Morgan fingerprint density at radius 2 is 2.15 bits per heavy atom. The van der Waals surface area contributed by atoms with E-state index in [4.69, 9.17) is 15.9 Å². The molecule has 0 bridgehead atoms. The van der Waals surface area contributed by atoms with Crippen LogP contribution in [0.15, 0.2) is 24.3 Å². The number of phenolic OH excluding ortho intramolecular Hbond substituents is 1. The van der Waals surface area contributed by atoms with Crippen LogP contribution in [0.4, 0.5) is 0 Å². The van der Waals surface area contributed by atoms with Crippen LogP contribution in [-0.2, 0) is 10.3 Å². The van der Waals surface area contributed by atoms with E-state index in [1.165, 1.54) is 19.1 Å². The molecule has 0 aliphatic heterocycles. The molecule has 1 aromatic carbocycles. The summed E-state index contributed by atoms with van der Waals surface area (Å²) in [5.74, 6) is -1.12. The van der Waals surface area contributed by atoms with Gasteiger partial charge in [0, 0.05) is 0 Å². The topological polar surface area (TPSA) is 83.6 Å². The van der Waals surface area contributed by atoms with Gasteiger partial charge in [-0.1, -0.05) is 12.1 Å². The number of hydrogen-bond acceptors (Lipinski definition) is 3. The summed E-state index contributed by atoms with van der Waals surface area (Å²) < 4.78 is 0. The van der Waals surface area contributed by atoms with Crippen LogP contribution in [-0.4, -0.2) is 16.2 Å². The molecular formula is C9H11NO3. The Bertz CT molecular complexity index is 333. The monoisotopic (exact) mass is 181 g/mol. The van der Waals surface area contributed by atoms with E-state index in [2.05, 4.69) is 0 Å². The zero-order valence-corrected chi connectivity index (χ0v) is 7.19. The maximum Gasteiger partial charge on any atom is 0.328 e. The van der Waals surface area contributed by atoms with Gasteiger partial charge in [-0.15, -0.1) is 0 Å². The number of rotatable bonds is 2. The highest BCUT2D eigenvalue weighted by atomic mass is 16.4. The van der Waals surface area contributed by atoms with E-state index < -0.39 is 11.5 Å². The number of hydrogen-bond donors (Lipinski definition) is 3. The predicted molar refractivity (Wildman–Crippen MR) is 47.3 cm³/mol. The van der Waals surface area contributed by atoms with Gasteiger partial charge in [0.2, 0.25) is 0 Å². The van der Waals surface area contributed by atoms with E-state index in [-0.39, 0.29) is 5.75 Å². The van der Waals surface area contributed by atoms with Gasteiger partial charge >= 0.3 is 5.97 Å². The van der Waals surface area contributed by atoms with Crippen molar-refractivity contribution in [1.29, 1.82) is 0 Å². The Morgan fingerprint density at radius 1 is 1.54 bits per heavy atom. The van der Waals surface area contributed by atoms with Crippen LogP contribution in [0.1, 0.15) is 12.5 Å². The Balaban J connectivity index is 3.14. The van der Waals surface area contributed by atoms with Crippen molar-refractivity contribution in [2.24, 2.45) is 5.73 Å². The quantitative estimate of drug-likeness (QED) is 0.625. The molecule has 1 atom stereocenters. The van der Waals surface area contributed by atoms with Crippen molar-refractivity contribution in [3.8, 4) is 5.75 Å². The lowest BCUT2D eigenvalue weighted by molar-refractivity contribution is -0.143. The molecule has 0 spiro atoms. The molecule has 1 rings (SSSR count). The van der Waals surface area contributed by atoms with E-state index in [9.17, 15) is 4.79 Å². The van der Waals surface area contributed by atoms with E-state index in [0.717, 1.165) is 0 Å². The molecule has 4 nitrogen and oxygen atoms in total. The highest BCUT2D eigenvalue weighted by Crippen LogP contribution is 2.21. The van der Waals surface area contributed by atoms with Gasteiger partial charge in [-0.05, 0) is 24.6 Å². The molecule has 1 unspecified atom stereocenters. The summed E-state index contributed by atoms with van der Waals surface area (Å²) in [5.41, 5.74) is 4.45. The van der Waals surface area contributed by atoms with Crippen molar-refractivity contribution in [3.05, 3.63) is 29.8 Å². The van der Waals surface area contributed by atoms with E-state index >= 15 is 0 Å². The number of carboxylic acids is 1. The summed E-state index contributed by atoms with van der Waals surface area (Å²) in [5, 5.41) is 17.9. The van der Waals surface area contributed by atoms with Crippen LogP contribution in [0.2, 0.25) is 0 Å². The Kier molecular flexibility index (Phi) is 2.25. The first kappa shape index (κ1) is 9.54. The molecule has 4 heteroatoms. The standard InChI is InChI=1S/C9H11NO3/c1-9(10,8(12)13)6-3-2-4-7(11)5-6/h2-5,11H,10H2,1H3,(H,12,13). The van der Waals surface area contributed by atoms with Crippen molar-refractivity contribution < 1.29 is 15.0 Å². The number of nitrogens with two attached hydrogens (primary N) is 1. The van der Waals surface area contributed by atoms with Gasteiger partial charge in [0.05, 0.1) is 0 Å². The number of aromatic hydroxyl groups is 1. The Labute approximate surface area is 75.6 Å². The molecule has 0 saturated heterocycles. The average molecular weight is 181 g/mol. The number of carbonyl (C=O) groups is 1. The lowest BCUT2D eigenvalue weighted by atomic mass is 9.93. The van der Waals surface area contributed by atoms with Crippen LogP contribution >= 0.6 is 0 Å². The molecule has 0 heterocycles. The summed E-state index contributed by atoms with van der Waals surface area (Å²) in [7, 11) is 0. The zero-order chi connectivity index (χ0) is 10.1. The van der Waals surface area contributed by atoms with Crippen molar-refractivity contribution in [2.45, 2.75) is 12.5 Å². The second kappa shape index (κ2) is 3.06. The second-order valence-electron chi connectivity index (χ2n) is 3.06. The van der Waals surface area contributed by atoms with Crippen molar-refractivity contribution in [2.75, 3.05) is 0 Å². The summed E-state index contributed by atoms with van der Waals surface area (Å²) in [6.07, 6.45) is 0. The van der Waals surface area contributed by atoms with Crippen LogP contribution in [0.5, 0.6) is 5.75 Å². The number of carboxylic acid groups (broad SMARTS) is 1. The van der Waals surface area contributed by atoms with E-state index in [0.29, 0.717) is 5.56 Å². The minimum absolute atomic E-state index is 0.00965. The fraction of sp³-hybridized carbons (Fsp3) is 0.222. The fourth-order valence-electron chi connectivity index (χ4n) is 0.952. The van der Waals surface area contributed by atoms with Gasteiger partial charge < -0.3 is 15.9 Å². The fourth-order valence-corrected chi connectivity index (χ4v) is 0.952. The minimum Gasteiger partial charge on any atom is -0.508 e. The van der Waals surface area contributed by atoms with Crippen LogP contribution in [0, 0.1) is 0 Å². The molecule has 13 heavy (non-hydrogen) atoms. The van der Waals surface area contributed by atoms with Gasteiger partial charge in [-0.2, -0.15) is 0 Å². The maximum atomic E-state index is 10.7. The smallest absolute Gasteiger partial charge is 0.328 e. The molecular weight excluding hydrogens is 170 g/mol. The van der Waals surface area contributed by atoms with Crippen molar-refractivity contribution in [3.63, 3.8) is 0 Å². The lowest BCUT2D eigenvalue weighted by Crippen LogP contribution is -2.41. The lowest BCUT2D eigenvalue weighted by Gasteiger charge is -2.19. The third kappa shape index (κ3) is 1.78. The first-order valence-corrected chi connectivity index (χ1v) is 3.76. The molecule has 4 N–H and O–H groups in total. The summed E-state index contributed by atoms with van der Waals surface area (Å²) in [4.78, 5) is 10.7. The number of benzene rings is 1. The van der Waals surface area contributed by atoms with Crippen LogP contribution in [0.25, 0.3) is 0 Å². The Morgan fingerprint density at radius 3 is 2.62 bits per heavy atom. The van der Waals surface area contributed by atoms with Gasteiger partial charge in [-0.3, -0.25) is 0 Å². The molecule has 0 amide bonds.